The molecule has 0 atom stereocenters. The van der Waals surface area contributed by atoms with Crippen LogP contribution in [0.3, 0.4) is 0 Å². The smallest absolute Gasteiger partial charge is 0.272 e. The first-order valence-electron chi connectivity index (χ1n) is 7.96. The quantitative estimate of drug-likeness (QED) is 0.578. The minimum atomic E-state index is -3.94. The van der Waals surface area contributed by atoms with Crippen LogP contribution in [0.25, 0.3) is 0 Å². The molecular weight excluding hydrogens is 357 g/mol. The van der Waals surface area contributed by atoms with Gasteiger partial charge in [0.2, 0.25) is 10.0 Å². The number of alkyl halides is 2. The molecule has 1 aromatic carbocycles. The molecule has 0 fully saturated rings. The van der Waals surface area contributed by atoms with Crippen LogP contribution in [0, 0.1) is 5.82 Å². The zero-order valence-corrected chi connectivity index (χ0v) is 15.4. The van der Waals surface area contributed by atoms with E-state index in [9.17, 15) is 21.6 Å². The molecule has 0 aliphatic rings. The Bertz CT molecular complexity index is 652. The molecule has 0 spiro atoms. The van der Waals surface area contributed by atoms with Crippen molar-refractivity contribution in [2.75, 3.05) is 20.2 Å². The summed E-state index contributed by atoms with van der Waals surface area (Å²) in [6.45, 7) is 3.33. The Labute approximate surface area is 147 Å². The number of ether oxygens (including phenoxy) is 1. The van der Waals surface area contributed by atoms with Gasteiger partial charge >= 0.3 is 0 Å². The fourth-order valence-corrected chi connectivity index (χ4v) is 3.71. The Morgan fingerprint density at radius 2 is 1.92 bits per heavy atom. The van der Waals surface area contributed by atoms with Gasteiger partial charge in [-0.15, -0.1) is 0 Å². The SMILES string of the molecule is CNCCCCC(C)(C)NS(=O)(=O)c1ccc(F)c(OCC(F)F)c1. The second-order valence-corrected chi connectivity index (χ2v) is 8.03. The highest BCUT2D eigenvalue weighted by molar-refractivity contribution is 7.89. The van der Waals surface area contributed by atoms with E-state index in [0.717, 1.165) is 37.6 Å². The van der Waals surface area contributed by atoms with Crippen molar-refractivity contribution in [3.05, 3.63) is 24.0 Å². The Hall–Kier alpha value is -1.32. The molecule has 0 unspecified atom stereocenters. The molecule has 5 nitrogen and oxygen atoms in total. The predicted molar refractivity (Wildman–Crippen MR) is 90.1 cm³/mol. The van der Waals surface area contributed by atoms with Crippen molar-refractivity contribution >= 4 is 10.0 Å². The van der Waals surface area contributed by atoms with E-state index in [1.54, 1.807) is 13.8 Å². The fraction of sp³-hybridized carbons (Fsp3) is 0.625. The summed E-state index contributed by atoms with van der Waals surface area (Å²) >= 11 is 0. The van der Waals surface area contributed by atoms with E-state index in [4.69, 9.17) is 0 Å². The molecule has 0 amide bonds. The van der Waals surface area contributed by atoms with Gasteiger partial charge in [-0.25, -0.2) is 26.3 Å². The van der Waals surface area contributed by atoms with E-state index in [0.29, 0.717) is 6.42 Å². The minimum Gasteiger partial charge on any atom is -0.485 e. The van der Waals surface area contributed by atoms with Gasteiger partial charge in [0.1, 0.15) is 6.61 Å². The van der Waals surface area contributed by atoms with Gasteiger partial charge in [-0.1, -0.05) is 6.42 Å². The highest BCUT2D eigenvalue weighted by Crippen LogP contribution is 2.24. The number of rotatable bonds is 11. The second kappa shape index (κ2) is 9.40. The number of hydrogen-bond acceptors (Lipinski definition) is 4. The molecule has 144 valence electrons. The maximum atomic E-state index is 13.6. The van der Waals surface area contributed by atoms with Crippen LogP contribution in [0.2, 0.25) is 0 Å². The summed E-state index contributed by atoms with van der Waals surface area (Å²) in [4.78, 5) is -0.235. The van der Waals surface area contributed by atoms with E-state index >= 15 is 0 Å². The molecule has 0 aromatic heterocycles. The van der Waals surface area contributed by atoms with Gasteiger partial charge in [-0.05, 0) is 52.4 Å². The lowest BCUT2D eigenvalue weighted by Gasteiger charge is -2.26. The summed E-state index contributed by atoms with van der Waals surface area (Å²) in [7, 11) is -2.09. The zero-order valence-electron chi connectivity index (χ0n) is 14.6. The highest BCUT2D eigenvalue weighted by Gasteiger charge is 2.26. The molecule has 2 N–H and O–H groups in total. The lowest BCUT2D eigenvalue weighted by molar-refractivity contribution is 0.0798. The lowest BCUT2D eigenvalue weighted by atomic mass is 9.99. The van der Waals surface area contributed by atoms with Crippen LogP contribution < -0.4 is 14.8 Å². The van der Waals surface area contributed by atoms with Crippen LogP contribution in [0.5, 0.6) is 5.75 Å². The topological polar surface area (TPSA) is 67.4 Å². The minimum absolute atomic E-state index is 0.235. The van der Waals surface area contributed by atoms with E-state index in [2.05, 4.69) is 14.8 Å². The standard InChI is InChI=1S/C16H25F3N2O3S/c1-16(2,8-4-5-9-20-3)21-25(22,23)12-6-7-13(17)14(10-12)24-11-15(18)19/h6-7,10,15,20-21H,4-5,8-9,11H2,1-3H3. The molecule has 0 saturated heterocycles. The predicted octanol–water partition coefficient (Wildman–Crippen LogP) is 2.92. The van der Waals surface area contributed by atoms with E-state index < -0.39 is 40.2 Å². The second-order valence-electron chi connectivity index (χ2n) is 6.34. The maximum absolute atomic E-state index is 13.6. The first-order valence-corrected chi connectivity index (χ1v) is 9.45. The number of nitrogens with one attached hydrogen (secondary N) is 2. The average Bonchev–Trinajstić information content (AvgIpc) is 2.49. The molecular formula is C16H25F3N2O3S. The molecule has 0 radical (unpaired) electrons. The number of benzene rings is 1. The van der Waals surface area contributed by atoms with Gasteiger partial charge in [0.25, 0.3) is 6.43 Å². The van der Waals surface area contributed by atoms with Crippen LogP contribution in [-0.2, 0) is 10.0 Å². The Balaban J connectivity index is 2.85. The molecule has 1 aromatic rings. The third-order valence-electron chi connectivity index (χ3n) is 3.47. The van der Waals surface area contributed by atoms with Gasteiger partial charge in [0.15, 0.2) is 11.6 Å². The van der Waals surface area contributed by atoms with Gasteiger partial charge in [-0.2, -0.15) is 0 Å². The monoisotopic (exact) mass is 382 g/mol. The van der Waals surface area contributed by atoms with Crippen LogP contribution in [0.1, 0.15) is 33.1 Å². The lowest BCUT2D eigenvalue weighted by Crippen LogP contribution is -2.43. The first kappa shape index (κ1) is 21.7. The van der Waals surface area contributed by atoms with Crippen molar-refractivity contribution in [3.63, 3.8) is 0 Å². The van der Waals surface area contributed by atoms with Gasteiger partial charge < -0.3 is 10.1 Å². The van der Waals surface area contributed by atoms with Crippen molar-refractivity contribution in [1.82, 2.24) is 10.0 Å². The van der Waals surface area contributed by atoms with Crippen molar-refractivity contribution in [2.24, 2.45) is 0 Å². The highest BCUT2D eigenvalue weighted by atomic mass is 32.2. The van der Waals surface area contributed by atoms with Crippen LogP contribution in [0.4, 0.5) is 13.2 Å². The largest absolute Gasteiger partial charge is 0.485 e. The van der Waals surface area contributed by atoms with Gasteiger partial charge in [-0.3, -0.25) is 0 Å². The summed E-state index contributed by atoms with van der Waals surface area (Å²) in [6, 6.07) is 2.87. The maximum Gasteiger partial charge on any atom is 0.272 e. The Kier molecular flexibility index (Phi) is 8.17. The summed E-state index contributed by atoms with van der Waals surface area (Å²) in [5.41, 5.74) is -0.703. The molecule has 1 rings (SSSR count). The summed E-state index contributed by atoms with van der Waals surface area (Å²) in [5, 5.41) is 3.02. The van der Waals surface area contributed by atoms with E-state index in [1.807, 2.05) is 7.05 Å². The summed E-state index contributed by atoms with van der Waals surface area (Å²) < 4.78 is 70.2. The Morgan fingerprint density at radius 3 is 2.52 bits per heavy atom. The van der Waals surface area contributed by atoms with Crippen LogP contribution in [-0.4, -0.2) is 40.6 Å². The average molecular weight is 382 g/mol. The van der Waals surface area contributed by atoms with Crippen molar-refractivity contribution in [2.45, 2.75) is 50.0 Å². The molecule has 9 heteroatoms. The number of unbranched alkanes of at least 4 members (excludes halogenated alkanes) is 1. The van der Waals surface area contributed by atoms with Crippen LogP contribution >= 0.6 is 0 Å². The third-order valence-corrected chi connectivity index (χ3v) is 5.16. The van der Waals surface area contributed by atoms with E-state index in [-0.39, 0.29) is 4.90 Å². The molecule has 0 heterocycles. The number of sulfonamides is 1. The van der Waals surface area contributed by atoms with Gasteiger partial charge in [0, 0.05) is 11.6 Å². The zero-order chi connectivity index (χ0) is 19.1. The summed E-state index contributed by atoms with van der Waals surface area (Å²) in [6.07, 6.45) is -0.440. The molecule has 0 bridgehead atoms. The van der Waals surface area contributed by atoms with E-state index in [1.165, 1.54) is 0 Å². The van der Waals surface area contributed by atoms with Crippen molar-refractivity contribution in [3.8, 4) is 5.75 Å². The van der Waals surface area contributed by atoms with Crippen molar-refractivity contribution < 1.29 is 26.3 Å². The molecule has 0 saturated carbocycles. The number of halogens is 3. The summed E-state index contributed by atoms with van der Waals surface area (Å²) in [5.74, 6) is -1.42. The molecule has 25 heavy (non-hydrogen) atoms. The fourth-order valence-electron chi connectivity index (χ4n) is 2.26. The molecule has 0 aliphatic heterocycles. The normalized spacial score (nSPS) is 12.6. The first-order chi connectivity index (χ1) is 11.6. The van der Waals surface area contributed by atoms with Gasteiger partial charge in [0.05, 0.1) is 4.90 Å². The van der Waals surface area contributed by atoms with Crippen molar-refractivity contribution in [1.29, 1.82) is 0 Å². The number of hydrogen-bond donors (Lipinski definition) is 2. The Morgan fingerprint density at radius 1 is 1.24 bits per heavy atom. The third kappa shape index (κ3) is 7.62. The van der Waals surface area contributed by atoms with Crippen LogP contribution in [0.15, 0.2) is 23.1 Å². The molecule has 0 aliphatic carbocycles.